The third kappa shape index (κ3) is 2.13. The molecule has 1 aromatic heterocycles. The smallest absolute Gasteiger partial charge is 0.0226 e. The highest BCUT2D eigenvalue weighted by atomic mass is 14.7. The lowest BCUT2D eigenvalue weighted by atomic mass is 9.91. The quantitative estimate of drug-likeness (QED) is 0.730. The van der Waals surface area contributed by atoms with Crippen molar-refractivity contribution in [1.82, 2.24) is 4.98 Å². The van der Waals surface area contributed by atoms with Gasteiger partial charge in [-0.1, -0.05) is 30.7 Å². The van der Waals surface area contributed by atoms with Crippen LogP contribution in [0.4, 0.5) is 0 Å². The fraction of sp³-hybridized carbons (Fsp3) is 0.467. The molecule has 2 rings (SSSR count). The van der Waals surface area contributed by atoms with Gasteiger partial charge in [-0.2, -0.15) is 0 Å². The van der Waals surface area contributed by atoms with E-state index in [2.05, 4.69) is 44.6 Å². The number of hydrogen-bond acceptors (Lipinski definition) is 0. The highest BCUT2D eigenvalue weighted by molar-refractivity contribution is 5.61. The summed E-state index contributed by atoms with van der Waals surface area (Å²) in [4.78, 5) is 3.42. The molecule has 0 spiro atoms. The Morgan fingerprint density at radius 2 is 2.25 bits per heavy atom. The van der Waals surface area contributed by atoms with Gasteiger partial charge in [0.15, 0.2) is 0 Å². The van der Waals surface area contributed by atoms with Crippen LogP contribution in [0.2, 0.25) is 0 Å². The topological polar surface area (TPSA) is 15.8 Å². The fourth-order valence-corrected chi connectivity index (χ4v) is 2.22. The van der Waals surface area contributed by atoms with Crippen LogP contribution in [0.3, 0.4) is 0 Å². The van der Waals surface area contributed by atoms with Crippen LogP contribution in [0.25, 0.3) is 6.08 Å². The van der Waals surface area contributed by atoms with E-state index in [1.54, 1.807) is 0 Å². The monoisotopic (exact) mass is 215 g/mol. The summed E-state index contributed by atoms with van der Waals surface area (Å²) in [6.45, 7) is 10.6. The van der Waals surface area contributed by atoms with Crippen molar-refractivity contribution in [2.24, 2.45) is 5.92 Å². The standard InChI is InChI=1S/C15H21N/c1-10(2)12(4)8-13-9-16-15-6-5-11(3)7-14(13)15/h7,9,12,16H,1,5-6,8H2,2-4H3. The number of aromatic nitrogens is 1. The van der Waals surface area contributed by atoms with Gasteiger partial charge in [-0.25, -0.2) is 0 Å². The molecule has 0 aromatic carbocycles. The van der Waals surface area contributed by atoms with Gasteiger partial charge in [0.05, 0.1) is 0 Å². The second-order valence-corrected chi connectivity index (χ2v) is 5.15. The summed E-state index contributed by atoms with van der Waals surface area (Å²) in [5.41, 5.74) is 7.07. The second kappa shape index (κ2) is 4.32. The molecule has 1 aromatic rings. The van der Waals surface area contributed by atoms with Crippen LogP contribution in [0.15, 0.2) is 23.9 Å². The third-order valence-corrected chi connectivity index (χ3v) is 3.62. The van der Waals surface area contributed by atoms with Crippen LogP contribution >= 0.6 is 0 Å². The molecule has 0 fully saturated rings. The van der Waals surface area contributed by atoms with Crippen LogP contribution in [0.5, 0.6) is 0 Å². The Balaban J connectivity index is 2.25. The average Bonchev–Trinajstić information content (AvgIpc) is 2.61. The summed E-state index contributed by atoms with van der Waals surface area (Å²) in [6, 6.07) is 0. The molecule has 0 saturated heterocycles. The molecule has 0 aliphatic heterocycles. The maximum atomic E-state index is 4.04. The van der Waals surface area contributed by atoms with E-state index in [-0.39, 0.29) is 0 Å². The van der Waals surface area contributed by atoms with Crippen molar-refractivity contribution in [3.05, 3.63) is 40.7 Å². The van der Waals surface area contributed by atoms with Crippen molar-refractivity contribution in [1.29, 1.82) is 0 Å². The summed E-state index contributed by atoms with van der Waals surface area (Å²) >= 11 is 0. The van der Waals surface area contributed by atoms with Gasteiger partial charge in [0.1, 0.15) is 0 Å². The van der Waals surface area contributed by atoms with Crippen LogP contribution < -0.4 is 0 Å². The van der Waals surface area contributed by atoms with E-state index >= 15 is 0 Å². The van der Waals surface area contributed by atoms with Crippen molar-refractivity contribution in [2.75, 3.05) is 0 Å². The van der Waals surface area contributed by atoms with Gasteiger partial charge >= 0.3 is 0 Å². The molecule has 1 aliphatic rings. The van der Waals surface area contributed by atoms with Gasteiger partial charge in [0.25, 0.3) is 0 Å². The van der Waals surface area contributed by atoms with Crippen molar-refractivity contribution >= 4 is 6.08 Å². The summed E-state index contributed by atoms with van der Waals surface area (Å²) in [5, 5.41) is 0. The van der Waals surface area contributed by atoms with Crippen molar-refractivity contribution in [2.45, 2.75) is 40.0 Å². The maximum absolute atomic E-state index is 4.04. The van der Waals surface area contributed by atoms with Crippen LogP contribution in [-0.4, -0.2) is 4.98 Å². The molecule has 16 heavy (non-hydrogen) atoms. The first-order valence-corrected chi connectivity index (χ1v) is 6.09. The number of nitrogens with one attached hydrogen (secondary N) is 1. The zero-order valence-electron chi connectivity index (χ0n) is 10.6. The van der Waals surface area contributed by atoms with Gasteiger partial charge in [0.2, 0.25) is 0 Å². The van der Waals surface area contributed by atoms with Gasteiger partial charge in [-0.3, -0.25) is 0 Å². The molecule has 0 amide bonds. The molecule has 1 heterocycles. The Bertz CT molecular complexity index is 434. The predicted octanol–water partition coefficient (Wildman–Crippen LogP) is 4.12. The summed E-state index contributed by atoms with van der Waals surface area (Å²) in [6.07, 6.45) is 7.99. The summed E-state index contributed by atoms with van der Waals surface area (Å²) in [7, 11) is 0. The van der Waals surface area contributed by atoms with Gasteiger partial charge in [0, 0.05) is 11.9 Å². The highest BCUT2D eigenvalue weighted by Gasteiger charge is 2.15. The number of aromatic amines is 1. The molecule has 0 bridgehead atoms. The Kier molecular flexibility index (Phi) is 3.04. The highest BCUT2D eigenvalue weighted by Crippen LogP contribution is 2.28. The largest absolute Gasteiger partial charge is 0.364 e. The molecule has 0 saturated carbocycles. The summed E-state index contributed by atoms with van der Waals surface area (Å²) < 4.78 is 0. The molecule has 0 radical (unpaired) electrons. The number of allylic oxidation sites excluding steroid dienone is 2. The van der Waals surface area contributed by atoms with Crippen LogP contribution in [-0.2, 0) is 12.8 Å². The molecule has 1 aliphatic carbocycles. The maximum Gasteiger partial charge on any atom is 0.0226 e. The van der Waals surface area contributed by atoms with Crippen LogP contribution in [0, 0.1) is 5.92 Å². The van der Waals surface area contributed by atoms with E-state index < -0.39 is 0 Å². The number of H-pyrrole nitrogens is 1. The first kappa shape index (κ1) is 11.3. The predicted molar refractivity (Wildman–Crippen MR) is 70.4 cm³/mol. The van der Waals surface area contributed by atoms with Gasteiger partial charge < -0.3 is 4.98 Å². The van der Waals surface area contributed by atoms with E-state index in [1.807, 2.05) is 0 Å². The Labute approximate surface area is 98.3 Å². The van der Waals surface area contributed by atoms with Crippen LogP contribution in [0.1, 0.15) is 44.0 Å². The average molecular weight is 215 g/mol. The van der Waals surface area contributed by atoms with E-state index in [4.69, 9.17) is 0 Å². The number of fused-ring (bicyclic) bond motifs is 1. The zero-order chi connectivity index (χ0) is 11.7. The van der Waals surface area contributed by atoms with Crippen molar-refractivity contribution in [3.8, 4) is 0 Å². The normalized spacial score (nSPS) is 16.6. The van der Waals surface area contributed by atoms with E-state index in [1.165, 1.54) is 40.8 Å². The van der Waals surface area contributed by atoms with E-state index in [9.17, 15) is 0 Å². The number of rotatable bonds is 3. The van der Waals surface area contributed by atoms with E-state index in [0.717, 1.165) is 6.42 Å². The van der Waals surface area contributed by atoms with Crippen molar-refractivity contribution in [3.63, 3.8) is 0 Å². The Hall–Kier alpha value is -1.24. The third-order valence-electron chi connectivity index (χ3n) is 3.62. The first-order valence-electron chi connectivity index (χ1n) is 6.09. The molecule has 1 nitrogen and oxygen atoms in total. The fourth-order valence-electron chi connectivity index (χ4n) is 2.22. The van der Waals surface area contributed by atoms with Crippen molar-refractivity contribution < 1.29 is 0 Å². The molecular weight excluding hydrogens is 194 g/mol. The Morgan fingerprint density at radius 1 is 1.50 bits per heavy atom. The van der Waals surface area contributed by atoms with E-state index in [0.29, 0.717) is 5.92 Å². The lowest BCUT2D eigenvalue weighted by Gasteiger charge is -2.14. The summed E-state index contributed by atoms with van der Waals surface area (Å²) in [5.74, 6) is 0.565. The minimum absolute atomic E-state index is 0.565. The lowest BCUT2D eigenvalue weighted by Crippen LogP contribution is -2.02. The second-order valence-electron chi connectivity index (χ2n) is 5.15. The van der Waals surface area contributed by atoms with Gasteiger partial charge in [-0.15, -0.1) is 0 Å². The minimum Gasteiger partial charge on any atom is -0.364 e. The number of aryl methyl sites for hydroxylation is 1. The lowest BCUT2D eigenvalue weighted by molar-refractivity contribution is 0.680. The number of hydrogen-bond donors (Lipinski definition) is 1. The Morgan fingerprint density at radius 3 is 2.94 bits per heavy atom. The molecule has 1 N–H and O–H groups in total. The van der Waals surface area contributed by atoms with Gasteiger partial charge in [-0.05, 0) is 50.2 Å². The molecule has 1 heteroatoms. The molecule has 1 unspecified atom stereocenters. The SMILES string of the molecule is C=C(C)C(C)Cc1c[nH]c2c1C=C(C)CC2. The molecule has 86 valence electrons. The first-order chi connectivity index (χ1) is 7.58. The molecular formula is C15H21N. The minimum atomic E-state index is 0.565. The molecule has 1 atom stereocenters. The zero-order valence-corrected chi connectivity index (χ0v) is 10.6.